The minimum atomic E-state index is -0.239. The van der Waals surface area contributed by atoms with E-state index in [2.05, 4.69) is 22.5 Å². The minimum absolute atomic E-state index is 0.0146. The quantitative estimate of drug-likeness (QED) is 0.830. The molecule has 1 heterocycles. The molecule has 0 atom stereocenters. The molecule has 25 heavy (non-hydrogen) atoms. The van der Waals surface area contributed by atoms with Gasteiger partial charge in [0.05, 0.1) is 5.56 Å². The molecule has 1 saturated heterocycles. The van der Waals surface area contributed by atoms with Gasteiger partial charge in [0.25, 0.3) is 5.91 Å². The predicted octanol–water partition coefficient (Wildman–Crippen LogP) is 2.65. The summed E-state index contributed by atoms with van der Waals surface area (Å²) in [7, 11) is 1.47. The van der Waals surface area contributed by atoms with Crippen LogP contribution in [0.2, 0.25) is 0 Å². The van der Waals surface area contributed by atoms with Crippen molar-refractivity contribution in [2.24, 2.45) is 5.92 Å². The minimum Gasteiger partial charge on any atom is -0.375 e. The second-order valence-corrected chi connectivity index (χ2v) is 7.01. The number of rotatable bonds is 6. The van der Waals surface area contributed by atoms with Gasteiger partial charge in [-0.25, -0.2) is 0 Å². The molecule has 0 aromatic heterocycles. The van der Waals surface area contributed by atoms with Crippen molar-refractivity contribution < 1.29 is 14.3 Å². The number of hydrogen-bond donors (Lipinski definition) is 2. The zero-order valence-electron chi connectivity index (χ0n) is 15.6. The van der Waals surface area contributed by atoms with Crippen LogP contribution < -0.4 is 15.5 Å². The van der Waals surface area contributed by atoms with Crippen molar-refractivity contribution >= 4 is 23.2 Å². The summed E-state index contributed by atoms with van der Waals surface area (Å²) < 4.78 is 4.84. The van der Waals surface area contributed by atoms with Gasteiger partial charge in [0.2, 0.25) is 5.91 Å². The van der Waals surface area contributed by atoms with E-state index < -0.39 is 0 Å². The summed E-state index contributed by atoms with van der Waals surface area (Å²) in [6.07, 6.45) is 2.25. The molecule has 6 nitrogen and oxygen atoms in total. The standard InChI is InChI=1S/C19H29N3O3/c1-13(2)20-19(24)16-11-15(21-18(23)12-25-4)5-6-17(16)22-9-7-14(3)8-10-22/h5-6,11,13-14H,7-10,12H2,1-4H3,(H,20,24)(H,21,23). The van der Waals surface area contributed by atoms with E-state index in [0.717, 1.165) is 37.5 Å². The van der Waals surface area contributed by atoms with Crippen molar-refractivity contribution in [3.63, 3.8) is 0 Å². The highest BCUT2D eigenvalue weighted by molar-refractivity contribution is 6.02. The first-order valence-electron chi connectivity index (χ1n) is 8.89. The average molecular weight is 347 g/mol. The second-order valence-electron chi connectivity index (χ2n) is 7.01. The molecule has 2 N–H and O–H groups in total. The number of benzene rings is 1. The van der Waals surface area contributed by atoms with E-state index in [4.69, 9.17) is 4.74 Å². The van der Waals surface area contributed by atoms with Gasteiger partial charge in [0.1, 0.15) is 6.61 Å². The molecule has 1 aromatic rings. The molecule has 1 aliphatic heterocycles. The van der Waals surface area contributed by atoms with E-state index in [9.17, 15) is 9.59 Å². The van der Waals surface area contributed by atoms with Crippen molar-refractivity contribution in [3.05, 3.63) is 23.8 Å². The Bertz CT molecular complexity index is 608. The van der Waals surface area contributed by atoms with Crippen LogP contribution in [0.4, 0.5) is 11.4 Å². The lowest BCUT2D eigenvalue weighted by Gasteiger charge is -2.33. The molecule has 2 amide bonds. The lowest BCUT2D eigenvalue weighted by Crippen LogP contribution is -2.36. The van der Waals surface area contributed by atoms with Crippen molar-refractivity contribution in [1.29, 1.82) is 0 Å². The Kier molecular flexibility index (Phi) is 6.82. The summed E-state index contributed by atoms with van der Waals surface area (Å²) in [6, 6.07) is 5.56. The third-order valence-corrected chi connectivity index (χ3v) is 4.34. The molecular weight excluding hydrogens is 318 g/mol. The van der Waals surface area contributed by atoms with Gasteiger partial charge < -0.3 is 20.3 Å². The molecule has 0 spiro atoms. The van der Waals surface area contributed by atoms with Crippen LogP contribution in [0.25, 0.3) is 0 Å². The van der Waals surface area contributed by atoms with E-state index in [1.54, 1.807) is 6.07 Å². The SMILES string of the molecule is COCC(=O)Nc1ccc(N2CCC(C)CC2)c(C(=O)NC(C)C)c1. The molecule has 138 valence electrons. The maximum atomic E-state index is 12.7. The normalized spacial score (nSPS) is 15.3. The number of anilines is 2. The smallest absolute Gasteiger partial charge is 0.253 e. The van der Waals surface area contributed by atoms with Gasteiger partial charge in [-0.1, -0.05) is 6.92 Å². The monoisotopic (exact) mass is 347 g/mol. The molecule has 0 unspecified atom stereocenters. The van der Waals surface area contributed by atoms with Gasteiger partial charge in [-0.2, -0.15) is 0 Å². The van der Waals surface area contributed by atoms with Crippen LogP contribution >= 0.6 is 0 Å². The first-order valence-corrected chi connectivity index (χ1v) is 8.89. The molecule has 1 fully saturated rings. The first kappa shape index (κ1) is 19.2. The number of nitrogens with one attached hydrogen (secondary N) is 2. The summed E-state index contributed by atoms with van der Waals surface area (Å²) >= 11 is 0. The molecular formula is C19H29N3O3. The summed E-state index contributed by atoms with van der Waals surface area (Å²) in [5, 5.41) is 5.72. The molecule has 0 aliphatic carbocycles. The summed E-state index contributed by atoms with van der Waals surface area (Å²) in [4.78, 5) is 26.7. The van der Waals surface area contributed by atoms with E-state index in [-0.39, 0.29) is 24.5 Å². The number of hydrogen-bond acceptors (Lipinski definition) is 4. The third kappa shape index (κ3) is 5.46. The van der Waals surface area contributed by atoms with E-state index in [0.29, 0.717) is 11.3 Å². The number of ether oxygens (including phenoxy) is 1. The van der Waals surface area contributed by atoms with Crippen molar-refractivity contribution in [3.8, 4) is 0 Å². The number of methoxy groups -OCH3 is 1. The van der Waals surface area contributed by atoms with Crippen LogP contribution in [0.5, 0.6) is 0 Å². The third-order valence-electron chi connectivity index (χ3n) is 4.34. The lowest BCUT2D eigenvalue weighted by atomic mass is 9.97. The zero-order valence-corrected chi connectivity index (χ0v) is 15.6. The molecule has 0 bridgehead atoms. The number of nitrogens with zero attached hydrogens (tertiary/aromatic N) is 1. The number of amides is 2. The number of piperidine rings is 1. The number of carbonyl (C=O) groups is 2. The Morgan fingerprint density at radius 1 is 1.28 bits per heavy atom. The Morgan fingerprint density at radius 2 is 1.96 bits per heavy atom. The maximum Gasteiger partial charge on any atom is 0.253 e. The van der Waals surface area contributed by atoms with E-state index in [1.165, 1.54) is 7.11 Å². The van der Waals surface area contributed by atoms with Crippen LogP contribution in [0, 0.1) is 5.92 Å². The zero-order chi connectivity index (χ0) is 18.4. The number of carbonyl (C=O) groups excluding carboxylic acids is 2. The average Bonchev–Trinajstić information content (AvgIpc) is 2.55. The van der Waals surface area contributed by atoms with Crippen molar-refractivity contribution in [2.75, 3.05) is 37.0 Å². The Labute approximate surface area is 149 Å². The van der Waals surface area contributed by atoms with Gasteiger partial charge in [-0.05, 0) is 50.8 Å². The Hall–Kier alpha value is -2.08. The molecule has 1 aromatic carbocycles. The summed E-state index contributed by atoms with van der Waals surface area (Å²) in [5.74, 6) is 0.362. The van der Waals surface area contributed by atoms with Crippen molar-refractivity contribution in [1.82, 2.24) is 5.32 Å². The van der Waals surface area contributed by atoms with Crippen LogP contribution in [-0.4, -0.2) is 44.7 Å². The Morgan fingerprint density at radius 3 is 2.56 bits per heavy atom. The fraction of sp³-hybridized carbons (Fsp3) is 0.579. The second kappa shape index (κ2) is 8.85. The fourth-order valence-corrected chi connectivity index (χ4v) is 2.99. The highest BCUT2D eigenvalue weighted by Gasteiger charge is 2.22. The van der Waals surface area contributed by atoms with Crippen LogP contribution in [0.1, 0.15) is 44.0 Å². The van der Waals surface area contributed by atoms with Gasteiger partial charge in [-0.15, -0.1) is 0 Å². The lowest BCUT2D eigenvalue weighted by molar-refractivity contribution is -0.119. The van der Waals surface area contributed by atoms with Crippen LogP contribution in [0.3, 0.4) is 0 Å². The Balaban J connectivity index is 2.27. The molecule has 2 rings (SSSR count). The molecule has 1 aliphatic rings. The van der Waals surface area contributed by atoms with E-state index in [1.807, 2.05) is 26.0 Å². The molecule has 0 radical (unpaired) electrons. The van der Waals surface area contributed by atoms with Gasteiger partial charge >= 0.3 is 0 Å². The predicted molar refractivity (Wildman–Crippen MR) is 100 cm³/mol. The maximum absolute atomic E-state index is 12.7. The fourth-order valence-electron chi connectivity index (χ4n) is 2.99. The summed E-state index contributed by atoms with van der Waals surface area (Å²) in [5.41, 5.74) is 2.12. The van der Waals surface area contributed by atoms with Crippen LogP contribution in [-0.2, 0) is 9.53 Å². The van der Waals surface area contributed by atoms with Crippen LogP contribution in [0.15, 0.2) is 18.2 Å². The topological polar surface area (TPSA) is 70.7 Å². The van der Waals surface area contributed by atoms with E-state index >= 15 is 0 Å². The molecule has 6 heteroatoms. The summed E-state index contributed by atoms with van der Waals surface area (Å²) in [6.45, 7) is 8.00. The van der Waals surface area contributed by atoms with Crippen molar-refractivity contribution in [2.45, 2.75) is 39.7 Å². The highest BCUT2D eigenvalue weighted by Crippen LogP contribution is 2.28. The van der Waals surface area contributed by atoms with Gasteiger partial charge in [0.15, 0.2) is 0 Å². The van der Waals surface area contributed by atoms with Gasteiger partial charge in [-0.3, -0.25) is 9.59 Å². The highest BCUT2D eigenvalue weighted by atomic mass is 16.5. The first-order chi connectivity index (χ1) is 11.9. The molecule has 0 saturated carbocycles. The van der Waals surface area contributed by atoms with Gasteiger partial charge in [0, 0.05) is 37.6 Å². The largest absolute Gasteiger partial charge is 0.375 e.